The Morgan fingerprint density at radius 2 is 1.21 bits per heavy atom. The van der Waals surface area contributed by atoms with Crippen LogP contribution in [0.25, 0.3) is 0 Å². The molecule has 4 aromatic carbocycles. The van der Waals surface area contributed by atoms with E-state index in [0.29, 0.717) is 17.5 Å². The fourth-order valence-corrected chi connectivity index (χ4v) is 4.80. The molecule has 0 fully saturated rings. The van der Waals surface area contributed by atoms with Crippen LogP contribution >= 0.6 is 0 Å². The van der Waals surface area contributed by atoms with Gasteiger partial charge in [0.1, 0.15) is 0 Å². The standard InChI is InChI=1S/C32H26N2O4/c1-3-19-16-17-22(20(4-2)18-19)32(38)34-26-15-9-13-24-28(26)30(36)23-12-8-14-25(27(23)29(24)35)33-31(37)21-10-6-5-7-11-21/h5-18H,3-4H2,1-2H3,(H,33,37)(H,34,38). The molecule has 1 aliphatic rings. The lowest BCUT2D eigenvalue weighted by molar-refractivity contribution is 0.0977. The number of amides is 2. The van der Waals surface area contributed by atoms with Gasteiger partial charge in [0.2, 0.25) is 0 Å². The Bertz CT molecular complexity index is 1610. The average molecular weight is 503 g/mol. The first-order valence-corrected chi connectivity index (χ1v) is 12.6. The van der Waals surface area contributed by atoms with Gasteiger partial charge in [-0.05, 0) is 54.3 Å². The molecule has 0 unspecified atom stereocenters. The fourth-order valence-electron chi connectivity index (χ4n) is 4.80. The van der Waals surface area contributed by atoms with Gasteiger partial charge in [0.25, 0.3) is 11.8 Å². The molecule has 0 spiro atoms. The number of anilines is 2. The van der Waals surface area contributed by atoms with Gasteiger partial charge in [-0.2, -0.15) is 0 Å². The van der Waals surface area contributed by atoms with Crippen molar-refractivity contribution in [1.29, 1.82) is 0 Å². The maximum Gasteiger partial charge on any atom is 0.255 e. The maximum absolute atomic E-state index is 13.7. The van der Waals surface area contributed by atoms with E-state index in [0.717, 1.165) is 17.5 Å². The molecule has 0 aromatic heterocycles. The highest BCUT2D eigenvalue weighted by Crippen LogP contribution is 2.35. The molecule has 4 aromatic rings. The SMILES string of the molecule is CCc1ccc(C(=O)Nc2cccc3c2C(=O)c2cccc(NC(=O)c4ccccc4)c2C3=O)c(CC)c1. The zero-order chi connectivity index (χ0) is 26.8. The number of nitrogens with one attached hydrogen (secondary N) is 2. The summed E-state index contributed by atoms with van der Waals surface area (Å²) >= 11 is 0. The molecule has 1 aliphatic carbocycles. The summed E-state index contributed by atoms with van der Waals surface area (Å²) in [6.45, 7) is 4.05. The smallest absolute Gasteiger partial charge is 0.255 e. The summed E-state index contributed by atoms with van der Waals surface area (Å²) in [5, 5.41) is 5.64. The van der Waals surface area contributed by atoms with Crippen LogP contribution in [-0.2, 0) is 12.8 Å². The zero-order valence-corrected chi connectivity index (χ0v) is 21.1. The predicted molar refractivity (Wildman–Crippen MR) is 147 cm³/mol. The molecule has 0 bridgehead atoms. The molecular weight excluding hydrogens is 476 g/mol. The molecule has 0 atom stereocenters. The van der Waals surface area contributed by atoms with E-state index in [1.807, 2.05) is 19.1 Å². The van der Waals surface area contributed by atoms with Crippen LogP contribution in [0.5, 0.6) is 0 Å². The van der Waals surface area contributed by atoms with Gasteiger partial charge in [-0.15, -0.1) is 0 Å². The first kappa shape index (κ1) is 24.8. The van der Waals surface area contributed by atoms with E-state index >= 15 is 0 Å². The normalized spacial score (nSPS) is 11.9. The van der Waals surface area contributed by atoms with Crippen molar-refractivity contribution in [3.8, 4) is 0 Å². The number of aryl methyl sites for hydroxylation is 2. The number of ketones is 2. The van der Waals surface area contributed by atoms with E-state index in [-0.39, 0.29) is 45.4 Å². The van der Waals surface area contributed by atoms with E-state index < -0.39 is 11.6 Å². The highest BCUT2D eigenvalue weighted by atomic mass is 16.2. The van der Waals surface area contributed by atoms with Crippen molar-refractivity contribution in [3.05, 3.63) is 129 Å². The summed E-state index contributed by atoms with van der Waals surface area (Å²) in [5.74, 6) is -1.51. The van der Waals surface area contributed by atoms with Gasteiger partial charge in [0, 0.05) is 22.3 Å². The quantitative estimate of drug-likeness (QED) is 0.294. The summed E-state index contributed by atoms with van der Waals surface area (Å²) in [4.78, 5) is 53.4. The minimum absolute atomic E-state index is 0.140. The molecule has 0 heterocycles. The summed E-state index contributed by atoms with van der Waals surface area (Å²) in [7, 11) is 0. The predicted octanol–water partition coefficient (Wildman–Crippen LogP) is 6.09. The third-order valence-corrected chi connectivity index (χ3v) is 6.81. The number of benzene rings is 4. The number of fused-ring (bicyclic) bond motifs is 2. The monoisotopic (exact) mass is 502 g/mol. The summed E-state index contributed by atoms with van der Waals surface area (Å²) in [6, 6.07) is 24.0. The third kappa shape index (κ3) is 4.41. The molecule has 38 heavy (non-hydrogen) atoms. The van der Waals surface area contributed by atoms with Crippen LogP contribution < -0.4 is 10.6 Å². The highest BCUT2D eigenvalue weighted by Gasteiger charge is 2.34. The molecule has 5 rings (SSSR count). The molecule has 188 valence electrons. The number of rotatable bonds is 6. The molecule has 0 saturated carbocycles. The lowest BCUT2D eigenvalue weighted by Gasteiger charge is -2.23. The molecule has 2 N–H and O–H groups in total. The van der Waals surface area contributed by atoms with Gasteiger partial charge in [-0.3, -0.25) is 19.2 Å². The Hall–Kier alpha value is -4.84. The summed E-state index contributed by atoms with van der Waals surface area (Å²) < 4.78 is 0. The van der Waals surface area contributed by atoms with E-state index in [4.69, 9.17) is 0 Å². The second kappa shape index (κ2) is 10.3. The number of hydrogen-bond acceptors (Lipinski definition) is 4. The maximum atomic E-state index is 13.7. The van der Waals surface area contributed by atoms with E-state index in [1.54, 1.807) is 72.8 Å². The van der Waals surface area contributed by atoms with E-state index in [2.05, 4.69) is 17.6 Å². The van der Waals surface area contributed by atoms with Crippen LogP contribution in [0.3, 0.4) is 0 Å². The van der Waals surface area contributed by atoms with Crippen molar-refractivity contribution in [2.24, 2.45) is 0 Å². The Labute approximate surface area is 220 Å². The Balaban J connectivity index is 1.50. The first-order valence-electron chi connectivity index (χ1n) is 12.6. The van der Waals surface area contributed by atoms with Crippen LogP contribution in [0.2, 0.25) is 0 Å². The average Bonchev–Trinajstić information content (AvgIpc) is 2.95. The number of hydrogen-bond donors (Lipinski definition) is 2. The van der Waals surface area contributed by atoms with E-state index in [9.17, 15) is 19.2 Å². The van der Waals surface area contributed by atoms with Crippen molar-refractivity contribution in [2.45, 2.75) is 26.7 Å². The molecule has 2 amide bonds. The molecule has 6 nitrogen and oxygen atoms in total. The number of carbonyl (C=O) groups excluding carboxylic acids is 4. The lowest BCUT2D eigenvalue weighted by Crippen LogP contribution is -2.26. The van der Waals surface area contributed by atoms with Gasteiger partial charge in [0.15, 0.2) is 11.6 Å². The molecule has 0 saturated heterocycles. The zero-order valence-electron chi connectivity index (χ0n) is 21.1. The Morgan fingerprint density at radius 1 is 0.632 bits per heavy atom. The van der Waals surface area contributed by atoms with Crippen molar-refractivity contribution >= 4 is 34.8 Å². The van der Waals surface area contributed by atoms with Crippen LogP contribution in [-0.4, -0.2) is 23.4 Å². The van der Waals surface area contributed by atoms with Crippen LogP contribution in [0.1, 0.15) is 77.5 Å². The minimum Gasteiger partial charge on any atom is -0.321 e. The van der Waals surface area contributed by atoms with Crippen LogP contribution in [0.15, 0.2) is 84.9 Å². The summed E-state index contributed by atoms with van der Waals surface area (Å²) in [6.07, 6.45) is 1.55. The van der Waals surface area contributed by atoms with Crippen LogP contribution in [0, 0.1) is 0 Å². The largest absolute Gasteiger partial charge is 0.321 e. The first-order chi connectivity index (χ1) is 18.4. The van der Waals surface area contributed by atoms with Gasteiger partial charge in [-0.1, -0.05) is 68.4 Å². The van der Waals surface area contributed by atoms with Gasteiger partial charge >= 0.3 is 0 Å². The topological polar surface area (TPSA) is 92.3 Å². The minimum atomic E-state index is -0.392. The van der Waals surface area contributed by atoms with Gasteiger partial charge in [0.05, 0.1) is 22.5 Å². The third-order valence-electron chi connectivity index (χ3n) is 6.81. The van der Waals surface area contributed by atoms with Gasteiger partial charge in [-0.25, -0.2) is 0 Å². The molecule has 6 heteroatoms. The Morgan fingerprint density at radius 3 is 1.76 bits per heavy atom. The van der Waals surface area contributed by atoms with Crippen molar-refractivity contribution in [3.63, 3.8) is 0 Å². The Kier molecular flexibility index (Phi) is 6.71. The second-order valence-electron chi connectivity index (χ2n) is 9.09. The molecule has 0 aliphatic heterocycles. The van der Waals surface area contributed by atoms with E-state index in [1.165, 1.54) is 0 Å². The van der Waals surface area contributed by atoms with Crippen molar-refractivity contribution in [1.82, 2.24) is 0 Å². The summed E-state index contributed by atoms with van der Waals surface area (Å²) in [5.41, 5.74) is 4.20. The molecule has 0 radical (unpaired) electrons. The number of carbonyl (C=O) groups is 4. The van der Waals surface area contributed by atoms with Crippen molar-refractivity contribution < 1.29 is 19.2 Å². The lowest BCUT2D eigenvalue weighted by atomic mass is 9.82. The fraction of sp³-hybridized carbons (Fsp3) is 0.125. The second-order valence-corrected chi connectivity index (χ2v) is 9.09. The molecular formula is C32H26N2O4. The van der Waals surface area contributed by atoms with Crippen LogP contribution in [0.4, 0.5) is 11.4 Å². The van der Waals surface area contributed by atoms with Crippen molar-refractivity contribution in [2.75, 3.05) is 10.6 Å². The van der Waals surface area contributed by atoms with Gasteiger partial charge < -0.3 is 10.6 Å². The highest BCUT2D eigenvalue weighted by molar-refractivity contribution is 6.32.